The molecule has 0 atom stereocenters. The van der Waals surface area contributed by atoms with Crippen molar-refractivity contribution in [2.45, 2.75) is 32.7 Å². The number of aryl methyl sites for hydroxylation is 2. The van der Waals surface area contributed by atoms with E-state index in [2.05, 4.69) is 9.71 Å². The van der Waals surface area contributed by atoms with E-state index in [1.807, 2.05) is 13.0 Å². The maximum Gasteiger partial charge on any atom is 0.216 e. The van der Waals surface area contributed by atoms with E-state index in [1.54, 1.807) is 25.1 Å². The third kappa shape index (κ3) is 4.38. The first-order valence-corrected chi connectivity index (χ1v) is 8.23. The van der Waals surface area contributed by atoms with Crippen LogP contribution in [0, 0.1) is 13.8 Å². The fourth-order valence-corrected chi connectivity index (χ4v) is 2.97. The van der Waals surface area contributed by atoms with Gasteiger partial charge in [-0.3, -0.25) is 0 Å². The number of benzene rings is 1. The van der Waals surface area contributed by atoms with E-state index in [0.29, 0.717) is 23.8 Å². The molecule has 0 radical (unpaired) electrons. The van der Waals surface area contributed by atoms with E-state index in [9.17, 15) is 8.42 Å². The Labute approximate surface area is 124 Å². The molecule has 21 heavy (non-hydrogen) atoms. The summed E-state index contributed by atoms with van der Waals surface area (Å²) in [6.07, 6.45) is 0. The van der Waals surface area contributed by atoms with Crippen LogP contribution in [0.2, 0.25) is 0 Å². The van der Waals surface area contributed by atoms with Gasteiger partial charge >= 0.3 is 0 Å². The van der Waals surface area contributed by atoms with Crippen LogP contribution in [0.5, 0.6) is 0 Å². The molecule has 0 aliphatic heterocycles. The van der Waals surface area contributed by atoms with Crippen LogP contribution in [0.25, 0.3) is 0 Å². The Morgan fingerprint density at radius 3 is 2.62 bits per heavy atom. The molecule has 2 rings (SSSR count). The van der Waals surface area contributed by atoms with Gasteiger partial charge in [0.25, 0.3) is 0 Å². The zero-order chi connectivity index (χ0) is 15.5. The molecule has 6 nitrogen and oxygen atoms in total. The van der Waals surface area contributed by atoms with E-state index < -0.39 is 10.0 Å². The van der Waals surface area contributed by atoms with Gasteiger partial charge in [0.15, 0.2) is 0 Å². The van der Waals surface area contributed by atoms with Crippen LogP contribution < -0.4 is 10.5 Å². The molecule has 0 aliphatic carbocycles. The van der Waals surface area contributed by atoms with Gasteiger partial charge in [-0.2, -0.15) is 0 Å². The standard InChI is InChI=1S/C14H19N3O3S/c1-10-11(2)20-14(17-10)8-16-21(18,19)9-13-5-3-4-12(6-13)7-15/h3-6,16H,7-9,15H2,1-2H3. The van der Waals surface area contributed by atoms with Gasteiger partial charge in [-0.05, 0) is 25.0 Å². The number of sulfonamides is 1. The predicted octanol–water partition coefficient (Wildman–Crippen LogP) is 1.37. The maximum atomic E-state index is 12.1. The zero-order valence-corrected chi connectivity index (χ0v) is 12.9. The van der Waals surface area contributed by atoms with Crippen LogP contribution in [-0.4, -0.2) is 13.4 Å². The van der Waals surface area contributed by atoms with Crippen LogP contribution in [-0.2, 0) is 28.9 Å². The second-order valence-corrected chi connectivity index (χ2v) is 6.66. The summed E-state index contributed by atoms with van der Waals surface area (Å²) in [7, 11) is -3.45. The summed E-state index contributed by atoms with van der Waals surface area (Å²) in [4.78, 5) is 4.14. The molecule has 3 N–H and O–H groups in total. The molecule has 0 bridgehead atoms. The van der Waals surface area contributed by atoms with Crippen LogP contribution in [0.4, 0.5) is 0 Å². The Morgan fingerprint density at radius 1 is 1.29 bits per heavy atom. The molecule has 0 aliphatic rings. The number of nitrogens with zero attached hydrogens (tertiary/aromatic N) is 1. The highest BCUT2D eigenvalue weighted by Gasteiger charge is 2.14. The largest absolute Gasteiger partial charge is 0.444 e. The number of nitrogens with two attached hydrogens (primary N) is 1. The first-order valence-electron chi connectivity index (χ1n) is 6.58. The summed E-state index contributed by atoms with van der Waals surface area (Å²) in [5, 5.41) is 0. The van der Waals surface area contributed by atoms with Gasteiger partial charge in [0.2, 0.25) is 15.9 Å². The van der Waals surface area contributed by atoms with Gasteiger partial charge in [0.05, 0.1) is 18.0 Å². The van der Waals surface area contributed by atoms with Gasteiger partial charge < -0.3 is 10.2 Å². The first kappa shape index (κ1) is 15.7. The Kier molecular flexibility index (Phi) is 4.76. The molecule has 0 unspecified atom stereocenters. The molecule has 1 aromatic heterocycles. The Hall–Kier alpha value is -1.70. The summed E-state index contributed by atoms with van der Waals surface area (Å²) in [6.45, 7) is 4.04. The molecule has 0 fully saturated rings. The van der Waals surface area contributed by atoms with Gasteiger partial charge in [-0.15, -0.1) is 0 Å². The van der Waals surface area contributed by atoms with Crippen molar-refractivity contribution in [1.29, 1.82) is 0 Å². The highest BCUT2D eigenvalue weighted by atomic mass is 32.2. The van der Waals surface area contributed by atoms with E-state index >= 15 is 0 Å². The van der Waals surface area contributed by atoms with Crippen molar-refractivity contribution < 1.29 is 12.8 Å². The smallest absolute Gasteiger partial charge is 0.216 e. The monoisotopic (exact) mass is 309 g/mol. The fourth-order valence-electron chi connectivity index (χ4n) is 1.90. The van der Waals surface area contributed by atoms with Crippen molar-refractivity contribution in [2.24, 2.45) is 5.73 Å². The average molecular weight is 309 g/mol. The summed E-state index contributed by atoms with van der Waals surface area (Å²) in [6, 6.07) is 7.21. The van der Waals surface area contributed by atoms with Crippen LogP contribution in [0.3, 0.4) is 0 Å². The van der Waals surface area contributed by atoms with E-state index in [-0.39, 0.29) is 12.3 Å². The molecular weight excluding hydrogens is 290 g/mol. The van der Waals surface area contributed by atoms with Crippen molar-refractivity contribution >= 4 is 10.0 Å². The molecule has 7 heteroatoms. The number of oxazole rings is 1. The van der Waals surface area contributed by atoms with E-state index in [4.69, 9.17) is 10.2 Å². The van der Waals surface area contributed by atoms with Crippen LogP contribution in [0.1, 0.15) is 28.5 Å². The van der Waals surface area contributed by atoms with Crippen molar-refractivity contribution in [2.75, 3.05) is 0 Å². The highest BCUT2D eigenvalue weighted by molar-refractivity contribution is 7.88. The predicted molar refractivity (Wildman–Crippen MR) is 79.8 cm³/mol. The average Bonchev–Trinajstić information content (AvgIpc) is 2.76. The number of aromatic nitrogens is 1. The molecule has 114 valence electrons. The van der Waals surface area contributed by atoms with Crippen LogP contribution in [0.15, 0.2) is 28.7 Å². The lowest BCUT2D eigenvalue weighted by Crippen LogP contribution is -2.25. The molecule has 0 saturated carbocycles. The topological polar surface area (TPSA) is 98.2 Å². The van der Waals surface area contributed by atoms with Crippen molar-refractivity contribution in [3.8, 4) is 0 Å². The minimum Gasteiger partial charge on any atom is -0.444 e. The lowest BCUT2D eigenvalue weighted by Gasteiger charge is -2.06. The Balaban J connectivity index is 2.01. The Morgan fingerprint density at radius 2 is 2.00 bits per heavy atom. The molecule has 0 spiro atoms. The van der Waals surface area contributed by atoms with Gasteiger partial charge in [0, 0.05) is 6.54 Å². The van der Waals surface area contributed by atoms with Crippen molar-refractivity contribution in [3.05, 3.63) is 52.7 Å². The van der Waals surface area contributed by atoms with Crippen molar-refractivity contribution in [3.63, 3.8) is 0 Å². The van der Waals surface area contributed by atoms with E-state index in [0.717, 1.165) is 11.3 Å². The fraction of sp³-hybridized carbons (Fsp3) is 0.357. The normalized spacial score (nSPS) is 11.8. The molecule has 1 aromatic carbocycles. The van der Waals surface area contributed by atoms with Crippen LogP contribution >= 0.6 is 0 Å². The molecular formula is C14H19N3O3S. The van der Waals surface area contributed by atoms with E-state index in [1.165, 1.54) is 0 Å². The van der Waals surface area contributed by atoms with Gasteiger partial charge in [0.1, 0.15) is 5.76 Å². The molecule has 0 amide bonds. The highest BCUT2D eigenvalue weighted by Crippen LogP contribution is 2.10. The summed E-state index contributed by atoms with van der Waals surface area (Å²) < 4.78 is 31.9. The number of hydrogen-bond donors (Lipinski definition) is 2. The second kappa shape index (κ2) is 6.38. The number of hydrogen-bond acceptors (Lipinski definition) is 5. The lowest BCUT2D eigenvalue weighted by atomic mass is 10.1. The van der Waals surface area contributed by atoms with Crippen molar-refractivity contribution in [1.82, 2.24) is 9.71 Å². The quantitative estimate of drug-likeness (QED) is 0.839. The third-order valence-electron chi connectivity index (χ3n) is 3.10. The van der Waals surface area contributed by atoms with Gasteiger partial charge in [-0.25, -0.2) is 18.1 Å². The van der Waals surface area contributed by atoms with Gasteiger partial charge in [-0.1, -0.05) is 24.3 Å². The molecule has 2 aromatic rings. The summed E-state index contributed by atoms with van der Waals surface area (Å²) in [5.74, 6) is 0.962. The molecule has 0 saturated heterocycles. The second-order valence-electron chi connectivity index (χ2n) is 4.85. The SMILES string of the molecule is Cc1nc(CNS(=O)(=O)Cc2cccc(CN)c2)oc1C. The summed E-state index contributed by atoms with van der Waals surface area (Å²) >= 11 is 0. The number of rotatable bonds is 6. The lowest BCUT2D eigenvalue weighted by molar-refractivity contribution is 0.463. The zero-order valence-electron chi connectivity index (χ0n) is 12.1. The maximum absolute atomic E-state index is 12.1. The minimum atomic E-state index is -3.45. The minimum absolute atomic E-state index is 0.0492. The first-order chi connectivity index (χ1) is 9.89. The Bertz CT molecular complexity index is 703. The third-order valence-corrected chi connectivity index (χ3v) is 4.40. The molecule has 1 heterocycles. The summed E-state index contributed by atoms with van der Waals surface area (Å²) in [5.41, 5.74) is 7.92. The number of nitrogens with one attached hydrogen (secondary N) is 1.